The lowest BCUT2D eigenvalue weighted by Crippen LogP contribution is -2.00. The van der Waals surface area contributed by atoms with Crippen LogP contribution in [0.4, 0.5) is 8.78 Å². The normalized spacial score (nSPS) is 11.4. The summed E-state index contributed by atoms with van der Waals surface area (Å²) in [5.74, 6) is -0.500. The van der Waals surface area contributed by atoms with Crippen molar-refractivity contribution in [1.82, 2.24) is 19.7 Å². The number of nitrogens with zero attached hydrogens (tertiary/aromatic N) is 4. The molecule has 0 spiro atoms. The number of halogens is 2. The van der Waals surface area contributed by atoms with E-state index in [1.165, 1.54) is 12.1 Å². The average Bonchev–Trinajstić information content (AvgIpc) is 3.09. The summed E-state index contributed by atoms with van der Waals surface area (Å²) in [6.45, 7) is 3.99. The van der Waals surface area contributed by atoms with Gasteiger partial charge in [0.05, 0.1) is 17.5 Å². The first kappa shape index (κ1) is 15.4. The van der Waals surface area contributed by atoms with Gasteiger partial charge >= 0.3 is 0 Å². The predicted molar refractivity (Wildman–Crippen MR) is 88.0 cm³/mol. The van der Waals surface area contributed by atoms with E-state index >= 15 is 0 Å². The van der Waals surface area contributed by atoms with Crippen molar-refractivity contribution in [3.8, 4) is 11.1 Å². The first-order chi connectivity index (χ1) is 12.0. The maximum atomic E-state index is 13.4. The fraction of sp³-hybridized carbons (Fsp3) is 0.167. The average molecular weight is 340 g/mol. The summed E-state index contributed by atoms with van der Waals surface area (Å²) < 4.78 is 33.8. The summed E-state index contributed by atoms with van der Waals surface area (Å²) in [6, 6.07) is 5.39. The molecular weight excluding hydrogens is 326 g/mol. The molecule has 25 heavy (non-hydrogen) atoms. The molecule has 7 heteroatoms. The highest BCUT2D eigenvalue weighted by molar-refractivity contribution is 5.79. The number of fused-ring (bicyclic) bond motifs is 1. The number of benzene rings is 1. The minimum atomic E-state index is -0.603. The van der Waals surface area contributed by atoms with Gasteiger partial charge in [0.25, 0.3) is 0 Å². The van der Waals surface area contributed by atoms with E-state index in [1.54, 1.807) is 17.1 Å². The predicted octanol–water partition coefficient (Wildman–Crippen LogP) is 4.03. The fourth-order valence-corrected chi connectivity index (χ4v) is 3.00. The zero-order valence-electron chi connectivity index (χ0n) is 13.6. The Morgan fingerprint density at radius 2 is 1.80 bits per heavy atom. The molecule has 126 valence electrons. The summed E-state index contributed by atoms with van der Waals surface area (Å²) in [5.41, 5.74) is 4.36. The number of rotatable bonds is 3. The first-order valence-corrected chi connectivity index (χ1v) is 7.70. The minimum absolute atomic E-state index is 0.290. The van der Waals surface area contributed by atoms with Gasteiger partial charge in [0.2, 0.25) is 0 Å². The Balaban J connectivity index is 1.79. The second-order valence-electron chi connectivity index (χ2n) is 5.92. The molecule has 3 aromatic heterocycles. The third kappa shape index (κ3) is 2.77. The maximum absolute atomic E-state index is 13.4. The van der Waals surface area contributed by atoms with Crippen LogP contribution in [0.25, 0.3) is 22.3 Å². The van der Waals surface area contributed by atoms with Crippen LogP contribution in [0, 0.1) is 25.5 Å². The number of hydrogen-bond donors (Lipinski definition) is 0. The van der Waals surface area contributed by atoms with E-state index in [0.29, 0.717) is 17.0 Å². The smallest absolute Gasteiger partial charge is 0.177 e. The molecule has 0 saturated carbocycles. The molecular formula is C18H14F2N4O. The summed E-state index contributed by atoms with van der Waals surface area (Å²) >= 11 is 0. The van der Waals surface area contributed by atoms with Gasteiger partial charge in [-0.1, -0.05) is 5.16 Å². The summed E-state index contributed by atoms with van der Waals surface area (Å²) in [6.07, 6.45) is 3.33. The van der Waals surface area contributed by atoms with Crippen LogP contribution in [0.5, 0.6) is 0 Å². The van der Waals surface area contributed by atoms with Crippen LogP contribution in [0.2, 0.25) is 0 Å². The van der Waals surface area contributed by atoms with Crippen molar-refractivity contribution in [1.29, 1.82) is 0 Å². The van der Waals surface area contributed by atoms with E-state index in [9.17, 15) is 8.78 Å². The van der Waals surface area contributed by atoms with Gasteiger partial charge in [-0.25, -0.2) is 18.7 Å². The van der Waals surface area contributed by atoms with Crippen molar-refractivity contribution in [3.63, 3.8) is 0 Å². The second kappa shape index (κ2) is 5.77. The summed E-state index contributed by atoms with van der Waals surface area (Å²) in [7, 11) is 0. The summed E-state index contributed by atoms with van der Waals surface area (Å²) in [4.78, 5) is 8.62. The molecule has 3 heterocycles. The van der Waals surface area contributed by atoms with Crippen molar-refractivity contribution in [2.24, 2.45) is 0 Å². The van der Waals surface area contributed by atoms with E-state index in [0.717, 1.165) is 28.4 Å². The quantitative estimate of drug-likeness (QED) is 0.565. The van der Waals surface area contributed by atoms with Crippen molar-refractivity contribution < 1.29 is 13.3 Å². The van der Waals surface area contributed by atoms with Crippen molar-refractivity contribution in [2.45, 2.75) is 20.4 Å². The molecule has 0 N–H and O–H groups in total. The van der Waals surface area contributed by atoms with Gasteiger partial charge in [0.1, 0.15) is 17.4 Å². The Bertz CT molecular complexity index is 1040. The molecule has 1 aromatic carbocycles. The number of aryl methyl sites for hydroxylation is 2. The van der Waals surface area contributed by atoms with Gasteiger partial charge < -0.3 is 9.09 Å². The molecule has 0 atom stereocenters. The second-order valence-corrected chi connectivity index (χ2v) is 5.92. The van der Waals surface area contributed by atoms with Crippen LogP contribution in [0.1, 0.15) is 17.0 Å². The van der Waals surface area contributed by atoms with Crippen LogP contribution >= 0.6 is 0 Å². The molecule has 0 radical (unpaired) electrons. The molecule has 0 aliphatic rings. The molecule has 4 rings (SSSR count). The zero-order chi connectivity index (χ0) is 17.6. The molecule has 0 unspecified atom stereocenters. The topological polar surface area (TPSA) is 56.7 Å². The van der Waals surface area contributed by atoms with Crippen molar-refractivity contribution in [3.05, 3.63) is 65.4 Å². The number of aromatic nitrogens is 4. The molecule has 0 fully saturated rings. The van der Waals surface area contributed by atoms with Gasteiger partial charge in [0.15, 0.2) is 5.65 Å². The lowest BCUT2D eigenvalue weighted by Gasteiger charge is -2.06. The van der Waals surface area contributed by atoms with Crippen molar-refractivity contribution >= 4 is 11.2 Å². The Kier molecular flexibility index (Phi) is 3.56. The molecule has 0 aliphatic carbocycles. The Hall–Kier alpha value is -3.09. The minimum Gasteiger partial charge on any atom is -0.361 e. The standard InChI is InChI=1S/C18H14F2N4O/c1-10-17(11(2)25-23-10)13-5-16-18(21-7-13)22-9-24(16)8-12-3-14(19)6-15(20)4-12/h3-7,9H,8H2,1-2H3. The third-order valence-electron chi connectivity index (χ3n) is 4.07. The van der Waals surface area contributed by atoms with Gasteiger partial charge in [0, 0.05) is 29.9 Å². The van der Waals surface area contributed by atoms with E-state index in [2.05, 4.69) is 15.1 Å². The molecule has 5 nitrogen and oxygen atoms in total. The van der Waals surface area contributed by atoms with Gasteiger partial charge in [-0.15, -0.1) is 0 Å². The molecule has 0 aliphatic heterocycles. The highest BCUT2D eigenvalue weighted by Crippen LogP contribution is 2.28. The largest absolute Gasteiger partial charge is 0.361 e. The van der Waals surface area contributed by atoms with Crippen LogP contribution in [0.15, 0.2) is 41.3 Å². The Morgan fingerprint density at radius 3 is 2.48 bits per heavy atom. The van der Waals surface area contributed by atoms with Gasteiger partial charge in [-0.3, -0.25) is 0 Å². The third-order valence-corrected chi connectivity index (χ3v) is 4.07. The number of imidazole rings is 1. The maximum Gasteiger partial charge on any atom is 0.177 e. The summed E-state index contributed by atoms with van der Waals surface area (Å²) in [5, 5.41) is 3.96. The SMILES string of the molecule is Cc1noc(C)c1-c1cnc2ncn(Cc3cc(F)cc(F)c3)c2c1. The number of hydrogen-bond acceptors (Lipinski definition) is 4. The zero-order valence-corrected chi connectivity index (χ0v) is 13.6. The molecule has 0 saturated heterocycles. The molecule has 0 bridgehead atoms. The van der Waals surface area contributed by atoms with E-state index < -0.39 is 11.6 Å². The Morgan fingerprint density at radius 1 is 1.04 bits per heavy atom. The lowest BCUT2D eigenvalue weighted by atomic mass is 10.1. The molecule has 4 aromatic rings. The van der Waals surface area contributed by atoms with Crippen LogP contribution in [-0.2, 0) is 6.54 Å². The van der Waals surface area contributed by atoms with E-state index in [4.69, 9.17) is 4.52 Å². The monoisotopic (exact) mass is 340 g/mol. The fourth-order valence-electron chi connectivity index (χ4n) is 3.00. The highest BCUT2D eigenvalue weighted by atomic mass is 19.1. The van der Waals surface area contributed by atoms with E-state index in [1.807, 2.05) is 19.9 Å². The lowest BCUT2D eigenvalue weighted by molar-refractivity contribution is 0.393. The highest BCUT2D eigenvalue weighted by Gasteiger charge is 2.14. The first-order valence-electron chi connectivity index (χ1n) is 7.70. The van der Waals surface area contributed by atoms with Crippen LogP contribution in [0.3, 0.4) is 0 Å². The van der Waals surface area contributed by atoms with Crippen molar-refractivity contribution in [2.75, 3.05) is 0 Å². The van der Waals surface area contributed by atoms with Crippen LogP contribution in [-0.4, -0.2) is 19.7 Å². The van der Waals surface area contributed by atoms with E-state index in [-0.39, 0.29) is 6.54 Å². The Labute approximate surface area is 141 Å². The number of pyridine rings is 1. The van der Waals surface area contributed by atoms with Gasteiger partial charge in [-0.05, 0) is 37.6 Å². The molecule has 0 amide bonds. The van der Waals surface area contributed by atoms with Gasteiger partial charge in [-0.2, -0.15) is 0 Å². The van der Waals surface area contributed by atoms with Crippen LogP contribution < -0.4 is 0 Å².